The fourth-order valence-electron chi connectivity index (χ4n) is 16.6. The van der Waals surface area contributed by atoms with Crippen molar-refractivity contribution < 1.29 is 118 Å². The minimum atomic E-state index is -2.04. The molecule has 9 rings (SSSR count). The summed E-state index contributed by atoms with van der Waals surface area (Å²) in [5.41, 5.74) is -1.54. The molecule has 0 bridgehead atoms. The largest absolute Gasteiger partial charge is 0.479 e. The molecule has 8 fully saturated rings. The topological polar surface area (TPSA) is 377 Å². The van der Waals surface area contributed by atoms with Crippen molar-refractivity contribution in [2.24, 2.45) is 50.2 Å². The smallest absolute Gasteiger partial charge is 0.335 e. The standard InChI is InChI=1S/C55H86O24/c1-23(59)71-41-40(76-45-37(65)34(62)28(22-58)73-45)42(44(68)69)77-48(43(41)78-46-38(66)35(63)32(60)26(20-56)72-46)75-31-12-13-52(6)29(51(31,4)5)11-14-54(8)30(52)10-9-24-25-19-50(2,3)15-17-55(25,18-16-53(24,54)7)49(70)79-47-39(67)36(64)33(61)27(21-57)74-47/h9,25-43,45-48,56-58,60-67H,10-22H2,1-8H3,(H,68,69)/t25-,26+,27+,28-,29+,30+,31-,32+,33+,34-,35-,36-,37+,38+,39+,40-,41-,42-,43+,45-,46-,47-,48+,52-,53+,54+,55-/m0/s1. The number of hydrogen-bond donors (Lipinski definition) is 12. The molecule has 9 aliphatic rings. The Morgan fingerprint density at radius 3 is 1.67 bits per heavy atom. The third-order valence-electron chi connectivity index (χ3n) is 21.3. The molecule has 0 aromatic carbocycles. The predicted molar refractivity (Wildman–Crippen MR) is 267 cm³/mol. The molecule has 0 amide bonds. The lowest BCUT2D eigenvalue weighted by Gasteiger charge is -2.71. The van der Waals surface area contributed by atoms with Gasteiger partial charge in [0.2, 0.25) is 6.29 Å². The van der Waals surface area contributed by atoms with Gasteiger partial charge in [-0.05, 0) is 109 Å². The van der Waals surface area contributed by atoms with E-state index in [2.05, 4.69) is 54.5 Å². The van der Waals surface area contributed by atoms with Crippen LogP contribution in [0.15, 0.2) is 11.6 Å². The molecule has 0 aromatic heterocycles. The molecule has 0 aromatic rings. The number of esters is 2. The summed E-state index contributed by atoms with van der Waals surface area (Å²) in [7, 11) is 0. The van der Waals surface area contributed by atoms with E-state index in [9.17, 15) is 75.7 Å². The van der Waals surface area contributed by atoms with Crippen molar-refractivity contribution in [3.63, 3.8) is 0 Å². The molecule has 4 saturated carbocycles. The number of aliphatic hydroxyl groups excluding tert-OH is 11. The number of carboxylic acids is 1. The molecule has 0 unspecified atom stereocenters. The molecule has 24 heteroatoms. The van der Waals surface area contributed by atoms with E-state index < -0.39 is 171 Å². The molecule has 5 aliphatic carbocycles. The van der Waals surface area contributed by atoms with Crippen molar-refractivity contribution in [1.82, 2.24) is 0 Å². The molecule has 4 saturated heterocycles. The van der Waals surface area contributed by atoms with Crippen LogP contribution < -0.4 is 0 Å². The highest BCUT2D eigenvalue weighted by molar-refractivity contribution is 5.79. The van der Waals surface area contributed by atoms with Crippen LogP contribution in [0.2, 0.25) is 0 Å². The molecule has 4 aliphatic heterocycles. The number of ether oxygens (including phenoxy) is 9. The monoisotopic (exact) mass is 1130 g/mol. The molecule has 0 radical (unpaired) electrons. The van der Waals surface area contributed by atoms with Gasteiger partial charge in [-0.1, -0.05) is 60.1 Å². The number of hydrogen-bond acceptors (Lipinski definition) is 23. The average molecular weight is 1130 g/mol. The van der Waals surface area contributed by atoms with Gasteiger partial charge in [0.05, 0.1) is 31.3 Å². The first kappa shape index (κ1) is 61.0. The van der Waals surface area contributed by atoms with E-state index in [0.717, 1.165) is 26.2 Å². The van der Waals surface area contributed by atoms with Gasteiger partial charge in [-0.3, -0.25) is 9.59 Å². The summed E-state index contributed by atoms with van der Waals surface area (Å²) in [4.78, 5) is 41.1. The number of carbonyl (C=O) groups excluding carboxylic acids is 2. The zero-order chi connectivity index (χ0) is 57.9. The number of allylic oxidation sites excluding steroid dienone is 2. The lowest BCUT2D eigenvalue weighted by Crippen LogP contribution is -2.68. The SMILES string of the molecule is CC(=O)O[C@@H]1[C@@H](O[C@@H]2O[C@H](CO)[C@@H](O)[C@H](O)[C@H]2O)[C@H](O[C@H]2CC[C@@]3(C)[C@H](CC[C@]4(C)[C@@H]3CC=C3[C@@H]5CC(C)(C)CC[C@]5(C(=O)O[C@@H]5O[C@H](CO)[C@@H](O)[C@H](O)[C@H]5O)CC[C@]34C)C2(C)C)O[C@H](C(=O)O)[C@H]1O[C@@H]1O[C@@H](CO)[C@H](O)[C@H]1O. The van der Waals surface area contributed by atoms with E-state index in [-0.39, 0.29) is 39.4 Å². The summed E-state index contributed by atoms with van der Waals surface area (Å²) in [6.45, 7) is 14.4. The zero-order valence-electron chi connectivity index (χ0n) is 46.3. The zero-order valence-corrected chi connectivity index (χ0v) is 46.3. The first-order valence-electron chi connectivity index (χ1n) is 28.1. The Hall–Kier alpha value is -2.57. The third kappa shape index (κ3) is 10.1. The van der Waals surface area contributed by atoms with Gasteiger partial charge in [-0.15, -0.1) is 0 Å². The van der Waals surface area contributed by atoms with Crippen LogP contribution in [0.1, 0.15) is 120 Å². The quantitative estimate of drug-likeness (QED) is 0.0614. The van der Waals surface area contributed by atoms with Crippen molar-refractivity contribution in [2.75, 3.05) is 19.8 Å². The molecule has 12 N–H and O–H groups in total. The maximum Gasteiger partial charge on any atom is 0.335 e. The summed E-state index contributed by atoms with van der Waals surface area (Å²) in [5, 5.41) is 127. The van der Waals surface area contributed by atoms with Crippen LogP contribution in [-0.4, -0.2) is 222 Å². The van der Waals surface area contributed by atoms with Crippen LogP contribution in [0.3, 0.4) is 0 Å². The van der Waals surface area contributed by atoms with Crippen LogP contribution in [0, 0.1) is 50.2 Å². The molecule has 27 atom stereocenters. The van der Waals surface area contributed by atoms with Crippen LogP contribution in [-0.2, 0) is 57.0 Å². The Morgan fingerprint density at radius 2 is 1.10 bits per heavy atom. The van der Waals surface area contributed by atoms with Crippen LogP contribution >= 0.6 is 0 Å². The van der Waals surface area contributed by atoms with E-state index in [0.29, 0.717) is 44.9 Å². The number of carbonyl (C=O) groups is 3. The number of carboxylic acid groups (broad SMARTS) is 1. The highest BCUT2D eigenvalue weighted by Gasteiger charge is 2.70. The Balaban J connectivity index is 1.01. The Bertz CT molecular complexity index is 2260. The number of rotatable bonds is 13. The first-order valence-corrected chi connectivity index (χ1v) is 28.1. The lowest BCUT2D eigenvalue weighted by molar-refractivity contribution is -0.383. The number of aliphatic carboxylic acids is 1. The van der Waals surface area contributed by atoms with Gasteiger partial charge in [0.15, 0.2) is 37.2 Å². The van der Waals surface area contributed by atoms with Gasteiger partial charge < -0.3 is 104 Å². The average Bonchev–Trinajstić information content (AvgIpc) is 3.85. The van der Waals surface area contributed by atoms with Crippen LogP contribution in [0.25, 0.3) is 0 Å². The van der Waals surface area contributed by atoms with E-state index in [1.165, 1.54) is 5.57 Å². The molecular formula is C55H86O24. The van der Waals surface area contributed by atoms with Crippen molar-refractivity contribution in [3.05, 3.63) is 11.6 Å². The molecule has 24 nitrogen and oxygen atoms in total. The highest BCUT2D eigenvalue weighted by Crippen LogP contribution is 2.76. The van der Waals surface area contributed by atoms with Crippen molar-refractivity contribution in [3.8, 4) is 0 Å². The summed E-state index contributed by atoms with van der Waals surface area (Å²) in [6.07, 6.45) is -24.8. The van der Waals surface area contributed by atoms with Crippen molar-refractivity contribution in [1.29, 1.82) is 0 Å². The van der Waals surface area contributed by atoms with E-state index in [1.54, 1.807) is 0 Å². The lowest BCUT2D eigenvalue weighted by atomic mass is 9.33. The van der Waals surface area contributed by atoms with Gasteiger partial charge >= 0.3 is 17.9 Å². The second-order valence-electron chi connectivity index (χ2n) is 26.4. The van der Waals surface area contributed by atoms with E-state index in [4.69, 9.17) is 42.6 Å². The first-order chi connectivity index (χ1) is 36.9. The number of fused-ring (bicyclic) bond motifs is 7. The maximum atomic E-state index is 14.8. The van der Waals surface area contributed by atoms with Gasteiger partial charge in [-0.25, -0.2) is 4.79 Å². The molecule has 0 spiro atoms. The molecule has 79 heavy (non-hydrogen) atoms. The summed E-state index contributed by atoms with van der Waals surface area (Å²) in [6, 6.07) is 0. The van der Waals surface area contributed by atoms with Crippen LogP contribution in [0.4, 0.5) is 0 Å². The number of aliphatic hydroxyl groups is 11. The van der Waals surface area contributed by atoms with Crippen molar-refractivity contribution in [2.45, 2.75) is 242 Å². The minimum absolute atomic E-state index is 0.0175. The van der Waals surface area contributed by atoms with Gasteiger partial charge in [0.1, 0.15) is 73.2 Å². The third-order valence-corrected chi connectivity index (χ3v) is 21.3. The summed E-state index contributed by atoms with van der Waals surface area (Å²) < 4.78 is 54.3. The van der Waals surface area contributed by atoms with Gasteiger partial charge in [0.25, 0.3) is 0 Å². The maximum absolute atomic E-state index is 14.8. The predicted octanol–water partition coefficient (Wildman–Crippen LogP) is -0.733. The highest BCUT2D eigenvalue weighted by atomic mass is 16.8. The second-order valence-corrected chi connectivity index (χ2v) is 26.4. The summed E-state index contributed by atoms with van der Waals surface area (Å²) >= 11 is 0. The van der Waals surface area contributed by atoms with E-state index in [1.807, 2.05) is 0 Å². The van der Waals surface area contributed by atoms with Crippen molar-refractivity contribution >= 4 is 17.9 Å². The summed E-state index contributed by atoms with van der Waals surface area (Å²) in [5.74, 6) is -3.24. The Morgan fingerprint density at radius 1 is 0.570 bits per heavy atom. The Labute approximate surface area is 459 Å². The second kappa shape index (κ2) is 22.1. The fourth-order valence-corrected chi connectivity index (χ4v) is 16.6. The minimum Gasteiger partial charge on any atom is -0.479 e. The van der Waals surface area contributed by atoms with Gasteiger partial charge in [0, 0.05) is 6.92 Å². The molecule has 450 valence electrons. The van der Waals surface area contributed by atoms with E-state index >= 15 is 0 Å². The van der Waals surface area contributed by atoms with Crippen LogP contribution in [0.5, 0.6) is 0 Å². The van der Waals surface area contributed by atoms with Gasteiger partial charge in [-0.2, -0.15) is 0 Å². The molecular weight excluding hydrogens is 1040 g/mol. The normalized spacial score (nSPS) is 51.1. The Kier molecular flexibility index (Phi) is 17.1. The molecule has 4 heterocycles. The fraction of sp³-hybridized carbons (Fsp3) is 0.909.